The monoisotopic (exact) mass is 400 g/mol. The molecule has 152 valence electrons. The lowest BCUT2D eigenvalue weighted by atomic mass is 10.1. The first-order valence-corrected chi connectivity index (χ1v) is 9.86. The fourth-order valence-electron chi connectivity index (χ4n) is 3.78. The Morgan fingerprint density at radius 3 is 2.47 bits per heavy atom. The van der Waals surface area contributed by atoms with E-state index >= 15 is 0 Å². The molecule has 1 aromatic heterocycles. The quantitative estimate of drug-likeness (QED) is 0.436. The highest BCUT2D eigenvalue weighted by atomic mass is 16.5. The average Bonchev–Trinajstić information content (AvgIpc) is 3.10. The first-order valence-electron chi connectivity index (χ1n) is 9.86. The SMILES string of the molecule is CCn1c2ccccc2c2cc(NC(=O)C=Cc3ccc(OC)c(OC)c3)ccc21. The number of aryl methyl sites for hydroxylation is 1. The molecule has 1 amide bonds. The lowest BCUT2D eigenvalue weighted by Crippen LogP contribution is -2.07. The first kappa shape index (κ1) is 19.6. The second-order valence-electron chi connectivity index (χ2n) is 6.93. The predicted octanol–water partition coefficient (Wildman–Crippen LogP) is 5.48. The molecule has 5 nitrogen and oxygen atoms in total. The van der Waals surface area contributed by atoms with E-state index in [1.807, 2.05) is 36.4 Å². The topological polar surface area (TPSA) is 52.5 Å². The van der Waals surface area contributed by atoms with Crippen molar-refractivity contribution < 1.29 is 14.3 Å². The summed E-state index contributed by atoms with van der Waals surface area (Å²) in [7, 11) is 3.18. The van der Waals surface area contributed by atoms with Gasteiger partial charge in [-0.25, -0.2) is 0 Å². The molecule has 0 atom stereocenters. The Balaban J connectivity index is 1.57. The molecule has 0 radical (unpaired) electrons. The number of benzene rings is 3. The van der Waals surface area contributed by atoms with Gasteiger partial charge in [0.1, 0.15) is 0 Å². The van der Waals surface area contributed by atoms with Gasteiger partial charge in [0.25, 0.3) is 0 Å². The van der Waals surface area contributed by atoms with Crippen molar-refractivity contribution in [2.24, 2.45) is 0 Å². The number of hydrogen-bond acceptors (Lipinski definition) is 3. The van der Waals surface area contributed by atoms with Crippen LogP contribution >= 0.6 is 0 Å². The van der Waals surface area contributed by atoms with Crippen LogP contribution in [0, 0.1) is 0 Å². The van der Waals surface area contributed by atoms with Gasteiger partial charge in [-0.1, -0.05) is 24.3 Å². The van der Waals surface area contributed by atoms with Crippen molar-refractivity contribution in [3.8, 4) is 11.5 Å². The van der Waals surface area contributed by atoms with E-state index in [1.54, 1.807) is 20.3 Å². The number of fused-ring (bicyclic) bond motifs is 3. The summed E-state index contributed by atoms with van der Waals surface area (Å²) < 4.78 is 12.8. The van der Waals surface area contributed by atoms with Crippen molar-refractivity contribution in [2.45, 2.75) is 13.5 Å². The fraction of sp³-hybridized carbons (Fsp3) is 0.160. The third-order valence-electron chi connectivity index (χ3n) is 5.19. The van der Waals surface area contributed by atoms with E-state index in [0.717, 1.165) is 28.7 Å². The van der Waals surface area contributed by atoms with Crippen LogP contribution < -0.4 is 14.8 Å². The van der Waals surface area contributed by atoms with Gasteiger partial charge in [0, 0.05) is 40.1 Å². The molecule has 1 heterocycles. The van der Waals surface area contributed by atoms with Crippen LogP contribution in [0.5, 0.6) is 11.5 Å². The van der Waals surface area contributed by atoms with Gasteiger partial charge in [-0.05, 0) is 55.0 Å². The number of rotatable bonds is 6. The second-order valence-corrected chi connectivity index (χ2v) is 6.93. The number of hydrogen-bond donors (Lipinski definition) is 1. The summed E-state index contributed by atoms with van der Waals surface area (Å²) in [6, 6.07) is 19.9. The Morgan fingerprint density at radius 1 is 0.933 bits per heavy atom. The molecule has 3 aromatic carbocycles. The summed E-state index contributed by atoms with van der Waals surface area (Å²) in [5.74, 6) is 1.08. The highest BCUT2D eigenvalue weighted by Gasteiger charge is 2.10. The van der Waals surface area contributed by atoms with Crippen LogP contribution in [0.1, 0.15) is 12.5 Å². The number of para-hydroxylation sites is 1. The molecule has 0 saturated carbocycles. The third-order valence-corrected chi connectivity index (χ3v) is 5.19. The van der Waals surface area contributed by atoms with Crippen molar-refractivity contribution >= 4 is 39.5 Å². The Labute approximate surface area is 175 Å². The Hall–Kier alpha value is -3.73. The van der Waals surface area contributed by atoms with E-state index in [-0.39, 0.29) is 5.91 Å². The van der Waals surface area contributed by atoms with Gasteiger partial charge in [-0.3, -0.25) is 4.79 Å². The molecule has 4 aromatic rings. The van der Waals surface area contributed by atoms with Crippen LogP contribution in [-0.4, -0.2) is 24.7 Å². The molecule has 4 rings (SSSR count). The molecule has 0 fully saturated rings. The summed E-state index contributed by atoms with van der Waals surface area (Å²) in [4.78, 5) is 12.5. The maximum Gasteiger partial charge on any atom is 0.248 e. The molecular weight excluding hydrogens is 376 g/mol. The number of methoxy groups -OCH3 is 2. The molecule has 0 saturated heterocycles. The number of nitrogens with zero attached hydrogens (tertiary/aromatic N) is 1. The van der Waals surface area contributed by atoms with Crippen molar-refractivity contribution in [1.82, 2.24) is 4.57 Å². The number of carbonyl (C=O) groups excluding carboxylic acids is 1. The van der Waals surface area contributed by atoms with Gasteiger partial charge in [0.05, 0.1) is 14.2 Å². The number of nitrogens with one attached hydrogen (secondary N) is 1. The number of amides is 1. The standard InChI is InChI=1S/C25H24N2O3/c1-4-27-21-8-6-5-7-19(21)20-16-18(11-12-22(20)27)26-25(28)14-10-17-9-13-23(29-2)24(15-17)30-3/h5-16H,4H2,1-3H3,(H,26,28). The minimum absolute atomic E-state index is 0.191. The van der Waals surface area contributed by atoms with E-state index in [0.29, 0.717) is 11.5 Å². The Kier molecular flexibility index (Phi) is 5.44. The number of anilines is 1. The van der Waals surface area contributed by atoms with E-state index < -0.39 is 0 Å². The number of ether oxygens (including phenoxy) is 2. The Bertz CT molecular complexity index is 1250. The summed E-state index contributed by atoms with van der Waals surface area (Å²) in [6.45, 7) is 3.03. The van der Waals surface area contributed by atoms with Gasteiger partial charge in [0.2, 0.25) is 5.91 Å². The Morgan fingerprint density at radius 2 is 1.70 bits per heavy atom. The summed E-state index contributed by atoms with van der Waals surface area (Å²) in [6.07, 6.45) is 3.26. The van der Waals surface area contributed by atoms with Gasteiger partial charge in [0.15, 0.2) is 11.5 Å². The van der Waals surface area contributed by atoms with Crippen LogP contribution in [0.15, 0.2) is 66.7 Å². The second kappa shape index (κ2) is 8.33. The van der Waals surface area contributed by atoms with Gasteiger partial charge >= 0.3 is 0 Å². The molecule has 5 heteroatoms. The summed E-state index contributed by atoms with van der Waals surface area (Å²) in [5, 5.41) is 5.28. The van der Waals surface area contributed by atoms with Crippen molar-refractivity contribution in [3.05, 3.63) is 72.3 Å². The smallest absolute Gasteiger partial charge is 0.248 e. The van der Waals surface area contributed by atoms with E-state index in [4.69, 9.17) is 9.47 Å². The fourth-order valence-corrected chi connectivity index (χ4v) is 3.78. The van der Waals surface area contributed by atoms with Crippen LogP contribution in [-0.2, 0) is 11.3 Å². The zero-order chi connectivity index (χ0) is 21.1. The van der Waals surface area contributed by atoms with Crippen LogP contribution in [0.4, 0.5) is 5.69 Å². The molecule has 0 unspecified atom stereocenters. The zero-order valence-corrected chi connectivity index (χ0v) is 17.3. The van der Waals surface area contributed by atoms with Gasteiger partial charge < -0.3 is 19.4 Å². The van der Waals surface area contributed by atoms with Crippen molar-refractivity contribution in [2.75, 3.05) is 19.5 Å². The normalized spacial score (nSPS) is 11.3. The molecule has 0 bridgehead atoms. The maximum absolute atomic E-state index is 12.5. The third kappa shape index (κ3) is 3.62. The lowest BCUT2D eigenvalue weighted by molar-refractivity contribution is -0.111. The van der Waals surface area contributed by atoms with Crippen LogP contribution in [0.25, 0.3) is 27.9 Å². The van der Waals surface area contributed by atoms with E-state index in [1.165, 1.54) is 17.0 Å². The summed E-state index contributed by atoms with van der Waals surface area (Å²) in [5.41, 5.74) is 3.98. The van der Waals surface area contributed by atoms with Gasteiger partial charge in [-0.2, -0.15) is 0 Å². The molecule has 1 N–H and O–H groups in total. The number of aromatic nitrogens is 1. The van der Waals surface area contributed by atoms with Crippen molar-refractivity contribution in [3.63, 3.8) is 0 Å². The highest BCUT2D eigenvalue weighted by Crippen LogP contribution is 2.31. The minimum atomic E-state index is -0.191. The molecule has 0 aliphatic heterocycles. The maximum atomic E-state index is 12.5. The average molecular weight is 400 g/mol. The predicted molar refractivity (Wildman–Crippen MR) is 122 cm³/mol. The molecule has 0 aliphatic carbocycles. The molecule has 30 heavy (non-hydrogen) atoms. The molecular formula is C25H24N2O3. The zero-order valence-electron chi connectivity index (χ0n) is 17.3. The summed E-state index contributed by atoms with van der Waals surface area (Å²) >= 11 is 0. The lowest BCUT2D eigenvalue weighted by Gasteiger charge is -2.07. The van der Waals surface area contributed by atoms with E-state index in [2.05, 4.69) is 41.1 Å². The largest absolute Gasteiger partial charge is 0.493 e. The van der Waals surface area contributed by atoms with Gasteiger partial charge in [-0.15, -0.1) is 0 Å². The number of carbonyl (C=O) groups is 1. The minimum Gasteiger partial charge on any atom is -0.493 e. The first-order chi connectivity index (χ1) is 14.6. The molecule has 0 aliphatic rings. The van der Waals surface area contributed by atoms with E-state index in [9.17, 15) is 4.79 Å². The molecule has 0 spiro atoms. The highest BCUT2D eigenvalue weighted by molar-refractivity contribution is 6.10. The van der Waals surface area contributed by atoms with Crippen molar-refractivity contribution in [1.29, 1.82) is 0 Å². The van der Waals surface area contributed by atoms with Crippen LogP contribution in [0.2, 0.25) is 0 Å². The van der Waals surface area contributed by atoms with Crippen LogP contribution in [0.3, 0.4) is 0 Å².